The zero-order valence-corrected chi connectivity index (χ0v) is 7.12. The van der Waals surface area contributed by atoms with Gasteiger partial charge in [-0.05, 0) is 12.1 Å². The van der Waals surface area contributed by atoms with Crippen molar-refractivity contribution >= 4 is 12.0 Å². The van der Waals surface area contributed by atoms with Crippen molar-refractivity contribution in [3.63, 3.8) is 0 Å². The predicted molar refractivity (Wildman–Crippen MR) is 48.9 cm³/mol. The Bertz CT molecular complexity index is 356. The minimum Gasteiger partial charge on any atom is -0.465 e. The number of non-ortho nitro benzene ring substituents is 1. The van der Waals surface area contributed by atoms with E-state index in [-0.39, 0.29) is 5.69 Å². The van der Waals surface area contributed by atoms with Gasteiger partial charge in [-0.2, -0.15) is 0 Å². The molecular formula is C9H7NO4. The first-order valence-corrected chi connectivity index (χ1v) is 3.75. The Hall–Kier alpha value is -2.17. The number of allylic oxidation sites excluding steroid dienone is 1. The van der Waals surface area contributed by atoms with E-state index in [4.69, 9.17) is 4.74 Å². The van der Waals surface area contributed by atoms with Gasteiger partial charge < -0.3 is 4.74 Å². The normalized spacial score (nSPS) is 10.0. The van der Waals surface area contributed by atoms with Crippen LogP contribution in [0, 0.1) is 10.1 Å². The number of ether oxygens (including phenoxy) is 1. The topological polar surface area (TPSA) is 69.4 Å². The van der Waals surface area contributed by atoms with E-state index in [1.807, 2.05) is 0 Å². The minimum atomic E-state index is -0.495. The third-order valence-corrected chi connectivity index (χ3v) is 1.41. The molecule has 0 radical (unpaired) electrons. The van der Waals surface area contributed by atoms with Crippen LogP contribution in [0.4, 0.5) is 5.69 Å². The Morgan fingerprint density at radius 1 is 1.29 bits per heavy atom. The summed E-state index contributed by atoms with van der Waals surface area (Å²) in [5.74, 6) is 0.439. The lowest BCUT2D eigenvalue weighted by Crippen LogP contribution is -1.87. The highest BCUT2D eigenvalue weighted by atomic mass is 16.6. The van der Waals surface area contributed by atoms with Crippen molar-refractivity contribution in [1.82, 2.24) is 0 Å². The lowest BCUT2D eigenvalue weighted by Gasteiger charge is -1.97. The zero-order chi connectivity index (χ0) is 10.4. The number of carbonyl (C=O) groups excluding carboxylic acids is 1. The molecule has 0 aliphatic rings. The second-order valence-corrected chi connectivity index (χ2v) is 2.33. The Morgan fingerprint density at radius 2 is 1.93 bits per heavy atom. The van der Waals surface area contributed by atoms with E-state index in [1.54, 1.807) is 0 Å². The molecule has 5 nitrogen and oxygen atoms in total. The van der Waals surface area contributed by atoms with Crippen molar-refractivity contribution in [2.24, 2.45) is 0 Å². The molecular weight excluding hydrogens is 186 g/mol. The fraction of sp³-hybridized carbons (Fsp3) is 0. The molecule has 0 saturated heterocycles. The van der Waals surface area contributed by atoms with Crippen LogP contribution < -0.4 is 4.74 Å². The second-order valence-electron chi connectivity index (χ2n) is 2.33. The summed E-state index contributed by atoms with van der Waals surface area (Å²) < 4.78 is 4.95. The van der Waals surface area contributed by atoms with E-state index < -0.39 is 4.92 Å². The van der Waals surface area contributed by atoms with Gasteiger partial charge in [-0.3, -0.25) is 14.9 Å². The lowest BCUT2D eigenvalue weighted by atomic mass is 10.3. The Morgan fingerprint density at radius 3 is 2.43 bits per heavy atom. The number of hydrogen-bond acceptors (Lipinski definition) is 4. The fourth-order valence-electron chi connectivity index (χ4n) is 0.796. The van der Waals surface area contributed by atoms with E-state index >= 15 is 0 Å². The number of rotatable bonds is 4. The molecule has 0 unspecified atom stereocenters. The second kappa shape index (κ2) is 4.76. The van der Waals surface area contributed by atoms with Gasteiger partial charge in [-0.1, -0.05) is 0 Å². The van der Waals surface area contributed by atoms with Crippen LogP contribution in [0.1, 0.15) is 0 Å². The quantitative estimate of drug-likeness (QED) is 0.240. The van der Waals surface area contributed by atoms with Gasteiger partial charge in [0.2, 0.25) is 0 Å². The summed E-state index contributed by atoms with van der Waals surface area (Å²) in [7, 11) is 0. The van der Waals surface area contributed by atoms with E-state index in [2.05, 4.69) is 0 Å². The molecule has 0 fully saturated rings. The van der Waals surface area contributed by atoms with Crippen LogP contribution in [0.15, 0.2) is 36.6 Å². The molecule has 0 bridgehead atoms. The standard InChI is InChI=1S/C9H7NO4/c11-6-1-7-14-9-4-2-8(3-5-9)10(12)13/h1-7H/b7-1+. The van der Waals surface area contributed by atoms with Crippen LogP contribution in [-0.4, -0.2) is 11.2 Å². The molecule has 0 aromatic heterocycles. The number of hydrogen-bond donors (Lipinski definition) is 0. The maximum atomic E-state index is 10.3. The van der Waals surface area contributed by atoms with E-state index in [1.165, 1.54) is 36.6 Å². The number of nitro groups is 1. The molecule has 1 aromatic rings. The van der Waals surface area contributed by atoms with Gasteiger partial charge in [0, 0.05) is 18.2 Å². The van der Waals surface area contributed by atoms with Gasteiger partial charge in [0.1, 0.15) is 12.0 Å². The maximum absolute atomic E-state index is 10.3. The Balaban J connectivity index is 2.68. The molecule has 14 heavy (non-hydrogen) atoms. The highest BCUT2D eigenvalue weighted by Crippen LogP contribution is 2.17. The van der Waals surface area contributed by atoms with Crippen LogP contribution in [0.5, 0.6) is 5.75 Å². The van der Waals surface area contributed by atoms with Gasteiger partial charge in [0.25, 0.3) is 5.69 Å². The third kappa shape index (κ3) is 2.71. The first-order valence-electron chi connectivity index (χ1n) is 3.75. The van der Waals surface area contributed by atoms with Gasteiger partial charge in [0.15, 0.2) is 0 Å². The van der Waals surface area contributed by atoms with Gasteiger partial charge in [-0.25, -0.2) is 0 Å². The highest BCUT2D eigenvalue weighted by molar-refractivity contribution is 5.64. The van der Waals surface area contributed by atoms with Crippen molar-refractivity contribution < 1.29 is 14.5 Å². The zero-order valence-electron chi connectivity index (χ0n) is 7.12. The SMILES string of the molecule is O=C/C=C/Oc1ccc([N+](=O)[O-])cc1. The molecule has 0 N–H and O–H groups in total. The summed E-state index contributed by atoms with van der Waals surface area (Å²) in [6, 6.07) is 5.55. The summed E-state index contributed by atoms with van der Waals surface area (Å²) in [5, 5.41) is 10.3. The minimum absolute atomic E-state index is 0.00304. The Labute approximate surface area is 79.8 Å². The number of nitro benzene ring substituents is 1. The number of carbonyl (C=O) groups is 1. The van der Waals surface area contributed by atoms with Crippen LogP contribution in [0.25, 0.3) is 0 Å². The van der Waals surface area contributed by atoms with Crippen LogP contribution >= 0.6 is 0 Å². The van der Waals surface area contributed by atoms with Gasteiger partial charge >= 0.3 is 0 Å². The van der Waals surface area contributed by atoms with E-state index in [9.17, 15) is 14.9 Å². The van der Waals surface area contributed by atoms with Crippen molar-refractivity contribution in [3.05, 3.63) is 46.7 Å². The molecule has 0 aliphatic carbocycles. The largest absolute Gasteiger partial charge is 0.465 e. The van der Waals surface area contributed by atoms with E-state index in [0.717, 1.165) is 0 Å². The van der Waals surface area contributed by atoms with Crippen LogP contribution in [0.3, 0.4) is 0 Å². The third-order valence-electron chi connectivity index (χ3n) is 1.41. The van der Waals surface area contributed by atoms with E-state index in [0.29, 0.717) is 12.0 Å². The van der Waals surface area contributed by atoms with Crippen molar-refractivity contribution in [2.45, 2.75) is 0 Å². The van der Waals surface area contributed by atoms with Crippen molar-refractivity contribution in [2.75, 3.05) is 0 Å². The molecule has 0 aliphatic heterocycles. The monoisotopic (exact) mass is 193 g/mol. The number of benzene rings is 1. The van der Waals surface area contributed by atoms with Crippen LogP contribution in [-0.2, 0) is 4.79 Å². The molecule has 72 valence electrons. The fourth-order valence-corrected chi connectivity index (χ4v) is 0.796. The van der Waals surface area contributed by atoms with Crippen LogP contribution in [0.2, 0.25) is 0 Å². The summed E-state index contributed by atoms with van der Waals surface area (Å²) in [5.41, 5.74) is -0.00304. The molecule has 0 saturated carbocycles. The molecule has 0 atom stereocenters. The average molecular weight is 193 g/mol. The highest BCUT2D eigenvalue weighted by Gasteiger charge is 2.03. The summed E-state index contributed by atoms with van der Waals surface area (Å²) in [6.07, 6.45) is 2.96. The molecule has 1 rings (SSSR count). The average Bonchev–Trinajstić information content (AvgIpc) is 2.19. The molecule has 0 amide bonds. The smallest absolute Gasteiger partial charge is 0.269 e. The first-order chi connectivity index (χ1) is 6.74. The summed E-state index contributed by atoms with van der Waals surface area (Å²) in [4.78, 5) is 19.7. The van der Waals surface area contributed by atoms with Crippen molar-refractivity contribution in [3.8, 4) is 5.75 Å². The summed E-state index contributed by atoms with van der Waals surface area (Å²) in [6.45, 7) is 0. The lowest BCUT2D eigenvalue weighted by molar-refractivity contribution is -0.384. The van der Waals surface area contributed by atoms with Crippen molar-refractivity contribution in [1.29, 1.82) is 0 Å². The van der Waals surface area contributed by atoms with Gasteiger partial charge in [-0.15, -0.1) is 0 Å². The molecule has 0 spiro atoms. The van der Waals surface area contributed by atoms with Gasteiger partial charge in [0.05, 0.1) is 11.2 Å². The predicted octanol–water partition coefficient (Wildman–Crippen LogP) is 1.69. The molecule has 1 aromatic carbocycles. The molecule has 5 heteroatoms. The first kappa shape index (κ1) is 9.91. The summed E-state index contributed by atoms with van der Waals surface area (Å²) >= 11 is 0. The molecule has 0 heterocycles. The number of nitrogens with zero attached hydrogens (tertiary/aromatic N) is 1. The maximum Gasteiger partial charge on any atom is 0.269 e. The number of aldehydes is 1. The Kier molecular flexibility index (Phi) is 3.37.